The van der Waals surface area contributed by atoms with Crippen molar-refractivity contribution < 1.29 is 13.9 Å². The topological polar surface area (TPSA) is 54.7 Å². The van der Waals surface area contributed by atoms with Crippen LogP contribution in [0.1, 0.15) is 12.7 Å². The summed E-state index contributed by atoms with van der Waals surface area (Å²) >= 11 is 0. The molecule has 112 valence electrons. The van der Waals surface area contributed by atoms with E-state index in [1.165, 1.54) is 0 Å². The molecule has 2 aromatic rings. The standard InChI is InChI=1S/C16H20N2O3/c1-12(18(2)11-13-7-6-10-21-13)16(19)17-14-8-4-5-9-15(14)20-3/h4-10,12H,11H2,1-3H3,(H,17,19)/t12-/m0/s1. The number of nitrogens with zero attached hydrogens (tertiary/aromatic N) is 1. The van der Waals surface area contributed by atoms with Crippen LogP contribution >= 0.6 is 0 Å². The van der Waals surface area contributed by atoms with Gasteiger partial charge in [-0.3, -0.25) is 9.69 Å². The summed E-state index contributed by atoms with van der Waals surface area (Å²) in [5, 5.41) is 2.89. The van der Waals surface area contributed by atoms with Crippen molar-refractivity contribution in [2.75, 3.05) is 19.5 Å². The number of ether oxygens (including phenoxy) is 1. The van der Waals surface area contributed by atoms with E-state index in [0.717, 1.165) is 5.76 Å². The van der Waals surface area contributed by atoms with Crippen molar-refractivity contribution in [3.63, 3.8) is 0 Å². The summed E-state index contributed by atoms with van der Waals surface area (Å²) < 4.78 is 10.5. The van der Waals surface area contributed by atoms with Crippen molar-refractivity contribution in [2.45, 2.75) is 19.5 Å². The molecular formula is C16H20N2O3. The highest BCUT2D eigenvalue weighted by Gasteiger charge is 2.20. The Bertz CT molecular complexity index is 581. The molecular weight excluding hydrogens is 268 g/mol. The lowest BCUT2D eigenvalue weighted by atomic mass is 10.2. The maximum absolute atomic E-state index is 12.3. The van der Waals surface area contributed by atoms with E-state index < -0.39 is 0 Å². The molecule has 5 nitrogen and oxygen atoms in total. The summed E-state index contributed by atoms with van der Waals surface area (Å²) in [7, 11) is 3.46. The number of likely N-dealkylation sites (N-methyl/N-ethyl adjacent to an activating group) is 1. The Morgan fingerprint density at radius 2 is 2.10 bits per heavy atom. The second kappa shape index (κ2) is 6.95. The number of rotatable bonds is 6. The molecule has 0 fully saturated rings. The first-order valence-corrected chi connectivity index (χ1v) is 6.78. The Labute approximate surface area is 124 Å². The minimum Gasteiger partial charge on any atom is -0.495 e. The normalized spacial score (nSPS) is 12.2. The minimum atomic E-state index is -0.292. The summed E-state index contributed by atoms with van der Waals surface area (Å²) in [6.45, 7) is 2.43. The molecule has 0 aliphatic rings. The smallest absolute Gasteiger partial charge is 0.241 e. The van der Waals surface area contributed by atoms with Crippen LogP contribution in [-0.4, -0.2) is 31.0 Å². The van der Waals surface area contributed by atoms with Crippen LogP contribution in [-0.2, 0) is 11.3 Å². The molecule has 0 saturated carbocycles. The molecule has 0 aliphatic carbocycles. The van der Waals surface area contributed by atoms with Crippen molar-refractivity contribution >= 4 is 11.6 Å². The first-order valence-electron chi connectivity index (χ1n) is 6.78. The van der Waals surface area contributed by atoms with Crippen molar-refractivity contribution in [3.8, 4) is 5.75 Å². The molecule has 2 rings (SSSR count). The summed E-state index contributed by atoms with van der Waals surface area (Å²) in [4.78, 5) is 14.2. The predicted octanol–water partition coefficient (Wildman–Crippen LogP) is 2.75. The van der Waals surface area contributed by atoms with E-state index in [1.54, 1.807) is 13.4 Å². The quantitative estimate of drug-likeness (QED) is 0.888. The number of furan rings is 1. The fourth-order valence-electron chi connectivity index (χ4n) is 1.97. The minimum absolute atomic E-state index is 0.0893. The third kappa shape index (κ3) is 3.86. The Hall–Kier alpha value is -2.27. The second-order valence-corrected chi connectivity index (χ2v) is 4.86. The van der Waals surface area contributed by atoms with Gasteiger partial charge in [-0.1, -0.05) is 12.1 Å². The number of amides is 1. The summed E-state index contributed by atoms with van der Waals surface area (Å²) in [6, 6.07) is 10.8. The van der Waals surface area contributed by atoms with Gasteiger partial charge in [0.15, 0.2) is 0 Å². The molecule has 0 spiro atoms. The third-order valence-corrected chi connectivity index (χ3v) is 3.39. The van der Waals surface area contributed by atoms with Crippen molar-refractivity contribution in [3.05, 3.63) is 48.4 Å². The van der Waals surface area contributed by atoms with E-state index in [0.29, 0.717) is 18.0 Å². The monoisotopic (exact) mass is 288 g/mol. The largest absolute Gasteiger partial charge is 0.495 e. The van der Waals surface area contributed by atoms with Gasteiger partial charge in [-0.15, -0.1) is 0 Å². The van der Waals surface area contributed by atoms with E-state index in [4.69, 9.17) is 9.15 Å². The molecule has 0 bridgehead atoms. The van der Waals surface area contributed by atoms with Gasteiger partial charge in [-0.2, -0.15) is 0 Å². The van der Waals surface area contributed by atoms with E-state index in [9.17, 15) is 4.79 Å². The maximum Gasteiger partial charge on any atom is 0.241 e. The summed E-state index contributed by atoms with van der Waals surface area (Å²) in [5.41, 5.74) is 0.670. The van der Waals surface area contributed by atoms with Gasteiger partial charge in [0.1, 0.15) is 11.5 Å². The molecule has 0 aliphatic heterocycles. The molecule has 1 aromatic heterocycles. The predicted molar refractivity (Wildman–Crippen MR) is 81.3 cm³/mol. The van der Waals surface area contributed by atoms with Gasteiger partial charge >= 0.3 is 0 Å². The van der Waals surface area contributed by atoms with Crippen LogP contribution in [0.2, 0.25) is 0 Å². The van der Waals surface area contributed by atoms with Crippen molar-refractivity contribution in [1.82, 2.24) is 4.90 Å². The van der Waals surface area contributed by atoms with Crippen LogP contribution in [0.4, 0.5) is 5.69 Å². The highest BCUT2D eigenvalue weighted by Crippen LogP contribution is 2.23. The van der Waals surface area contributed by atoms with E-state index >= 15 is 0 Å². The van der Waals surface area contributed by atoms with E-state index in [-0.39, 0.29) is 11.9 Å². The number of nitrogens with one attached hydrogen (secondary N) is 1. The number of carbonyl (C=O) groups is 1. The van der Waals surface area contributed by atoms with Gasteiger partial charge < -0.3 is 14.5 Å². The third-order valence-electron chi connectivity index (χ3n) is 3.39. The van der Waals surface area contributed by atoms with E-state index in [1.807, 2.05) is 55.3 Å². The average Bonchev–Trinajstić information content (AvgIpc) is 2.99. The molecule has 1 amide bonds. The zero-order valence-corrected chi connectivity index (χ0v) is 12.5. The molecule has 21 heavy (non-hydrogen) atoms. The first kappa shape index (κ1) is 15.1. The molecule has 1 aromatic carbocycles. The fraction of sp³-hybridized carbons (Fsp3) is 0.312. The highest BCUT2D eigenvalue weighted by atomic mass is 16.5. The van der Waals surface area contributed by atoms with Crippen LogP contribution in [0.5, 0.6) is 5.75 Å². The van der Waals surface area contributed by atoms with Gasteiger partial charge in [0.25, 0.3) is 0 Å². The van der Waals surface area contributed by atoms with Crippen LogP contribution in [0.3, 0.4) is 0 Å². The Morgan fingerprint density at radius 3 is 2.76 bits per heavy atom. The Balaban J connectivity index is 1.98. The number of anilines is 1. The zero-order valence-electron chi connectivity index (χ0n) is 12.5. The molecule has 1 heterocycles. The molecule has 1 N–H and O–H groups in total. The van der Waals surface area contributed by atoms with Crippen molar-refractivity contribution in [1.29, 1.82) is 0 Å². The van der Waals surface area contributed by atoms with Gasteiger partial charge in [-0.05, 0) is 38.2 Å². The molecule has 0 unspecified atom stereocenters. The number of hydrogen-bond donors (Lipinski definition) is 1. The second-order valence-electron chi connectivity index (χ2n) is 4.86. The fourth-order valence-corrected chi connectivity index (χ4v) is 1.97. The van der Waals surface area contributed by atoms with Gasteiger partial charge in [0.05, 0.1) is 31.6 Å². The lowest BCUT2D eigenvalue weighted by Gasteiger charge is -2.23. The van der Waals surface area contributed by atoms with Gasteiger partial charge in [-0.25, -0.2) is 0 Å². The first-order chi connectivity index (χ1) is 10.1. The average molecular weight is 288 g/mol. The van der Waals surface area contributed by atoms with Gasteiger partial charge in [0.2, 0.25) is 5.91 Å². The Kier molecular flexibility index (Phi) is 5.00. The number of benzene rings is 1. The van der Waals surface area contributed by atoms with Crippen molar-refractivity contribution in [2.24, 2.45) is 0 Å². The molecule has 1 atom stereocenters. The molecule has 0 saturated heterocycles. The van der Waals surface area contributed by atoms with Crippen LogP contribution in [0.15, 0.2) is 47.1 Å². The zero-order chi connectivity index (χ0) is 15.2. The van der Waals surface area contributed by atoms with E-state index in [2.05, 4.69) is 5.32 Å². The summed E-state index contributed by atoms with van der Waals surface area (Å²) in [5.74, 6) is 1.38. The lowest BCUT2D eigenvalue weighted by molar-refractivity contribution is -0.120. The lowest BCUT2D eigenvalue weighted by Crippen LogP contribution is -2.39. The summed E-state index contributed by atoms with van der Waals surface area (Å²) in [6.07, 6.45) is 1.63. The number of methoxy groups -OCH3 is 1. The van der Waals surface area contributed by atoms with Crippen LogP contribution in [0, 0.1) is 0 Å². The highest BCUT2D eigenvalue weighted by molar-refractivity contribution is 5.95. The SMILES string of the molecule is COc1ccccc1NC(=O)[C@H](C)N(C)Cc1ccco1. The van der Waals surface area contributed by atoms with Crippen LogP contribution < -0.4 is 10.1 Å². The molecule has 5 heteroatoms. The number of hydrogen-bond acceptors (Lipinski definition) is 4. The van der Waals surface area contributed by atoms with Crippen LogP contribution in [0.25, 0.3) is 0 Å². The molecule has 0 radical (unpaired) electrons. The Morgan fingerprint density at radius 1 is 1.33 bits per heavy atom. The number of para-hydroxylation sites is 2. The van der Waals surface area contributed by atoms with Gasteiger partial charge in [0, 0.05) is 0 Å². The number of carbonyl (C=O) groups excluding carboxylic acids is 1. The maximum atomic E-state index is 12.3.